The molecule has 232 valence electrons. The van der Waals surface area contributed by atoms with Gasteiger partial charge in [0.05, 0.1) is 36.3 Å². The molecule has 44 heavy (non-hydrogen) atoms. The molecule has 0 radical (unpaired) electrons. The van der Waals surface area contributed by atoms with Crippen LogP contribution in [-0.4, -0.2) is 54.4 Å². The maximum Gasteiger partial charge on any atom is 0.269 e. The fourth-order valence-corrected chi connectivity index (χ4v) is 9.65. The van der Waals surface area contributed by atoms with E-state index >= 15 is 4.11 Å². The highest BCUT2D eigenvalue weighted by molar-refractivity contribution is 14.1. The lowest BCUT2D eigenvalue weighted by Gasteiger charge is -2.31. The van der Waals surface area contributed by atoms with Crippen LogP contribution in [0.1, 0.15) is 30.0 Å². The second kappa shape index (κ2) is 12.7. The van der Waals surface area contributed by atoms with Crippen molar-refractivity contribution in [1.29, 1.82) is 0 Å². The first kappa shape index (κ1) is 32.2. The lowest BCUT2D eigenvalue weighted by Crippen LogP contribution is -2.45. The Morgan fingerprint density at radius 3 is 2.43 bits per heavy atom. The first-order chi connectivity index (χ1) is 20.9. The fourth-order valence-electron chi connectivity index (χ4n) is 6.80. The highest BCUT2D eigenvalue weighted by Crippen LogP contribution is 2.60. The van der Waals surface area contributed by atoms with Crippen LogP contribution in [0.25, 0.3) is 0 Å². The molecule has 2 heterocycles. The third-order valence-corrected chi connectivity index (χ3v) is 11.9. The van der Waals surface area contributed by atoms with E-state index in [1.807, 2.05) is 54.6 Å². The van der Waals surface area contributed by atoms with Gasteiger partial charge in [-0.2, -0.15) is 0 Å². The number of fused-ring (bicyclic) bond motifs is 2. The van der Waals surface area contributed by atoms with E-state index in [0.717, 1.165) is 14.7 Å². The molecular formula is C32H35FIN3O6Si. The topological polar surface area (TPSA) is 113 Å². The Morgan fingerprint density at radius 2 is 1.82 bits per heavy atom. The van der Waals surface area contributed by atoms with E-state index in [2.05, 4.69) is 22.6 Å². The van der Waals surface area contributed by atoms with Crippen LogP contribution in [0.2, 0.25) is 18.6 Å². The Morgan fingerprint density at radius 1 is 1.14 bits per heavy atom. The van der Waals surface area contributed by atoms with Gasteiger partial charge >= 0.3 is 0 Å². The van der Waals surface area contributed by atoms with Gasteiger partial charge in [-0.15, -0.1) is 0 Å². The van der Waals surface area contributed by atoms with Gasteiger partial charge in [0, 0.05) is 45.8 Å². The Bertz CT molecular complexity index is 1550. The standard InChI is InChI=1S/C32H35FIN3O6Si/c1-21-30(44(2,3)33)28(18-29(39)35(15-16-38)19-22-7-5-4-6-8-22)43-32(21)26-17-25(37(41)42)13-14-27(26)36(31(32)40)20-23-9-11-24(34)12-10-23/h4-14,17,21,28,30,38H,15-16,18-20H2,1-3H3/t21-,28+,30-,32+/m0/s1. The summed E-state index contributed by atoms with van der Waals surface area (Å²) in [6.45, 7) is 5.13. The summed E-state index contributed by atoms with van der Waals surface area (Å²) in [5.41, 5.74) is -0.124. The van der Waals surface area contributed by atoms with E-state index < -0.39 is 42.4 Å². The van der Waals surface area contributed by atoms with Crippen LogP contribution in [0, 0.1) is 19.6 Å². The van der Waals surface area contributed by atoms with Gasteiger partial charge in [-0.25, -0.2) is 0 Å². The number of amides is 2. The molecule has 5 rings (SSSR count). The quantitative estimate of drug-likeness (QED) is 0.0910. The zero-order valence-electron chi connectivity index (χ0n) is 24.8. The molecule has 9 nitrogen and oxygen atoms in total. The van der Waals surface area contributed by atoms with E-state index in [0.29, 0.717) is 11.3 Å². The lowest BCUT2D eigenvalue weighted by molar-refractivity contribution is -0.385. The van der Waals surface area contributed by atoms with E-state index in [1.54, 1.807) is 31.0 Å². The van der Waals surface area contributed by atoms with Gasteiger partial charge in [0.2, 0.25) is 14.3 Å². The summed E-state index contributed by atoms with van der Waals surface area (Å²) in [7, 11) is -3.58. The largest absolute Gasteiger partial charge is 0.395 e. The first-order valence-corrected chi connectivity index (χ1v) is 18.5. The van der Waals surface area contributed by atoms with Gasteiger partial charge in [-0.1, -0.05) is 49.4 Å². The van der Waals surface area contributed by atoms with Crippen molar-refractivity contribution < 1.29 is 28.5 Å². The SMILES string of the molecule is C[C@H]1[C@H]([Si](C)(C)F)[C@@H](CC(=O)N(CCO)Cc2ccccc2)O[C@]12C(=O)N(Cc1ccc(I)cc1)c1ccc([N+](=O)[O-])cc12. The zero-order chi connectivity index (χ0) is 31.8. The number of anilines is 1. The van der Waals surface area contributed by atoms with Crippen LogP contribution in [0.4, 0.5) is 15.5 Å². The van der Waals surface area contributed by atoms with Crippen molar-refractivity contribution in [3.8, 4) is 0 Å². The molecule has 1 saturated heterocycles. The summed E-state index contributed by atoms with van der Waals surface area (Å²) < 4.78 is 23.9. The number of nitro benzene ring substituents is 1. The van der Waals surface area contributed by atoms with Crippen LogP contribution < -0.4 is 4.90 Å². The second-order valence-electron chi connectivity index (χ2n) is 12.0. The van der Waals surface area contributed by atoms with E-state index in [-0.39, 0.29) is 44.3 Å². The highest BCUT2D eigenvalue weighted by Gasteiger charge is 2.67. The van der Waals surface area contributed by atoms with E-state index in [4.69, 9.17) is 4.74 Å². The minimum absolute atomic E-state index is 0.0833. The summed E-state index contributed by atoms with van der Waals surface area (Å²) in [5.74, 6) is -1.46. The van der Waals surface area contributed by atoms with E-state index in [9.17, 15) is 24.8 Å². The van der Waals surface area contributed by atoms with Crippen LogP contribution in [0.5, 0.6) is 0 Å². The van der Waals surface area contributed by atoms with Crippen LogP contribution in [0.15, 0.2) is 72.8 Å². The molecule has 0 aromatic heterocycles. The number of carbonyl (C=O) groups is 2. The molecule has 0 aliphatic carbocycles. The molecule has 3 aromatic rings. The number of nitro groups is 1. The number of benzene rings is 3. The lowest BCUT2D eigenvalue weighted by atomic mass is 9.82. The van der Waals surface area contributed by atoms with Gasteiger partial charge in [0.1, 0.15) is 0 Å². The number of halogens is 2. The molecule has 1 N–H and O–H groups in total. The normalized spacial score (nSPS) is 22.8. The Balaban J connectivity index is 1.54. The smallest absolute Gasteiger partial charge is 0.269 e. The number of aliphatic hydroxyl groups excluding tert-OH is 1. The Hall–Kier alpha value is -3.20. The average Bonchev–Trinajstić information content (AvgIpc) is 3.40. The zero-order valence-corrected chi connectivity index (χ0v) is 27.9. The third-order valence-electron chi connectivity index (χ3n) is 8.72. The van der Waals surface area contributed by atoms with Crippen LogP contribution in [0.3, 0.4) is 0 Å². The number of rotatable bonds is 10. The molecule has 1 fully saturated rings. The summed E-state index contributed by atoms with van der Waals surface area (Å²) in [5, 5.41) is 21.5. The van der Waals surface area contributed by atoms with Gasteiger partial charge in [-0.3, -0.25) is 19.7 Å². The predicted octanol–water partition coefficient (Wildman–Crippen LogP) is 5.93. The molecule has 3 aromatic carbocycles. The molecule has 12 heteroatoms. The maximum atomic E-state index is 16.2. The Kier molecular flexibility index (Phi) is 9.26. The number of aliphatic hydroxyl groups is 1. The summed E-state index contributed by atoms with van der Waals surface area (Å²) in [6, 6.07) is 21.3. The van der Waals surface area contributed by atoms with Crippen molar-refractivity contribution in [2.24, 2.45) is 5.92 Å². The van der Waals surface area contributed by atoms with Gasteiger partial charge in [-0.05, 0) is 65.0 Å². The van der Waals surface area contributed by atoms with Gasteiger partial charge < -0.3 is 23.8 Å². The summed E-state index contributed by atoms with van der Waals surface area (Å²) in [6.07, 6.45) is -1.14. The number of ether oxygens (including phenoxy) is 1. The number of carbonyl (C=O) groups excluding carboxylic acids is 2. The number of hydrogen-bond acceptors (Lipinski definition) is 6. The maximum absolute atomic E-state index is 16.2. The number of hydrogen-bond donors (Lipinski definition) is 1. The first-order valence-electron chi connectivity index (χ1n) is 14.5. The third kappa shape index (κ3) is 6.04. The molecular weight excluding hydrogens is 696 g/mol. The monoisotopic (exact) mass is 731 g/mol. The molecule has 2 amide bonds. The van der Waals surface area contributed by atoms with Gasteiger partial charge in [0.25, 0.3) is 11.6 Å². The van der Waals surface area contributed by atoms with Gasteiger partial charge in [0.15, 0.2) is 5.60 Å². The predicted molar refractivity (Wildman–Crippen MR) is 175 cm³/mol. The van der Waals surface area contributed by atoms with Crippen molar-refractivity contribution in [2.75, 3.05) is 18.1 Å². The number of non-ortho nitro benzene ring substituents is 1. The van der Waals surface area contributed by atoms with Crippen molar-refractivity contribution in [2.45, 2.75) is 56.8 Å². The minimum atomic E-state index is -3.58. The molecule has 2 aliphatic rings. The van der Waals surface area contributed by atoms with Crippen LogP contribution >= 0.6 is 22.6 Å². The van der Waals surface area contributed by atoms with Crippen molar-refractivity contribution >= 4 is 54.2 Å². The molecule has 0 bridgehead atoms. The van der Waals surface area contributed by atoms with E-state index in [1.165, 1.54) is 17.0 Å². The molecule has 2 aliphatic heterocycles. The van der Waals surface area contributed by atoms with Crippen molar-refractivity contribution in [3.05, 3.63) is 103 Å². The molecule has 4 atom stereocenters. The van der Waals surface area contributed by atoms with Crippen molar-refractivity contribution in [1.82, 2.24) is 4.90 Å². The van der Waals surface area contributed by atoms with Crippen molar-refractivity contribution in [3.63, 3.8) is 0 Å². The highest BCUT2D eigenvalue weighted by atomic mass is 127. The second-order valence-corrected chi connectivity index (χ2v) is 17.0. The fraction of sp³-hybridized carbons (Fsp3) is 0.375. The minimum Gasteiger partial charge on any atom is -0.395 e. The summed E-state index contributed by atoms with van der Waals surface area (Å²) in [4.78, 5) is 42.6. The molecule has 1 spiro atoms. The summed E-state index contributed by atoms with van der Waals surface area (Å²) >= 11 is 2.20. The average molecular weight is 732 g/mol. The number of nitrogens with zero attached hydrogens (tertiary/aromatic N) is 3. The molecule has 0 saturated carbocycles. The molecule has 0 unspecified atom stereocenters. The van der Waals surface area contributed by atoms with Crippen LogP contribution in [-0.2, 0) is 33.0 Å². The Labute approximate surface area is 270 Å².